The smallest absolute Gasteiger partial charge is 0.0184 e. The zero-order valence-corrected chi connectivity index (χ0v) is 15.2. The number of aryl methyl sites for hydroxylation is 1. The van der Waals surface area contributed by atoms with Gasteiger partial charge in [0, 0.05) is 0 Å². The summed E-state index contributed by atoms with van der Waals surface area (Å²) in [7, 11) is 0. The van der Waals surface area contributed by atoms with Crippen LogP contribution in [0, 0.1) is 5.92 Å². The molecule has 0 aromatic heterocycles. The molecule has 24 heavy (non-hydrogen) atoms. The molecule has 1 atom stereocenters. The third-order valence-electron chi connectivity index (χ3n) is 5.46. The number of hydrogen-bond donors (Lipinski definition) is 0. The Morgan fingerprint density at radius 3 is 2.00 bits per heavy atom. The molecule has 0 fully saturated rings. The van der Waals surface area contributed by atoms with E-state index in [0.717, 1.165) is 5.92 Å². The lowest BCUT2D eigenvalue weighted by atomic mass is 9.85. The van der Waals surface area contributed by atoms with Crippen molar-refractivity contribution in [3.8, 4) is 11.1 Å². The van der Waals surface area contributed by atoms with Crippen LogP contribution < -0.4 is 0 Å². The van der Waals surface area contributed by atoms with Crippen LogP contribution >= 0.6 is 0 Å². The lowest BCUT2D eigenvalue weighted by Crippen LogP contribution is -2.03. The molecular formula is C24H30. The molecular weight excluding hydrogens is 288 g/mol. The van der Waals surface area contributed by atoms with Crippen LogP contribution in [0.3, 0.4) is 0 Å². The van der Waals surface area contributed by atoms with E-state index in [1.165, 1.54) is 67.2 Å². The maximum Gasteiger partial charge on any atom is -0.0184 e. The molecule has 0 radical (unpaired) electrons. The van der Waals surface area contributed by atoms with Gasteiger partial charge in [-0.2, -0.15) is 0 Å². The van der Waals surface area contributed by atoms with Gasteiger partial charge in [0.05, 0.1) is 0 Å². The van der Waals surface area contributed by atoms with Gasteiger partial charge in [0.25, 0.3) is 0 Å². The summed E-state index contributed by atoms with van der Waals surface area (Å²) in [5, 5.41) is 0. The van der Waals surface area contributed by atoms with E-state index in [0.29, 0.717) is 0 Å². The predicted octanol–water partition coefficient (Wildman–Crippen LogP) is 7.29. The molecule has 3 rings (SSSR count). The first-order chi connectivity index (χ1) is 11.8. The minimum Gasteiger partial charge on any atom is -0.0804 e. The molecule has 0 heterocycles. The van der Waals surface area contributed by atoms with Crippen molar-refractivity contribution in [2.75, 3.05) is 0 Å². The van der Waals surface area contributed by atoms with Crippen LogP contribution in [0.25, 0.3) is 16.7 Å². The Morgan fingerprint density at radius 2 is 1.46 bits per heavy atom. The monoisotopic (exact) mass is 318 g/mol. The first kappa shape index (κ1) is 17.0. The fraction of sp³-hybridized carbons (Fsp3) is 0.417. The van der Waals surface area contributed by atoms with Crippen LogP contribution in [-0.4, -0.2) is 0 Å². The fourth-order valence-electron chi connectivity index (χ4n) is 3.64. The highest BCUT2D eigenvalue weighted by atomic mass is 14.2. The molecule has 1 aliphatic carbocycles. The summed E-state index contributed by atoms with van der Waals surface area (Å²) in [4.78, 5) is 0. The van der Waals surface area contributed by atoms with Crippen molar-refractivity contribution in [3.63, 3.8) is 0 Å². The van der Waals surface area contributed by atoms with Gasteiger partial charge in [0.2, 0.25) is 0 Å². The summed E-state index contributed by atoms with van der Waals surface area (Å²) in [6.07, 6.45) is 11.4. The van der Waals surface area contributed by atoms with Crippen LogP contribution in [0.15, 0.2) is 54.6 Å². The molecule has 0 nitrogen and oxygen atoms in total. The molecule has 0 spiro atoms. The summed E-state index contributed by atoms with van der Waals surface area (Å²) >= 11 is 0. The largest absolute Gasteiger partial charge is 0.0804 e. The van der Waals surface area contributed by atoms with E-state index >= 15 is 0 Å². The second-order valence-corrected chi connectivity index (χ2v) is 7.16. The lowest BCUT2D eigenvalue weighted by molar-refractivity contribution is 0.471. The van der Waals surface area contributed by atoms with Crippen molar-refractivity contribution < 1.29 is 0 Å². The van der Waals surface area contributed by atoms with E-state index in [1.54, 1.807) is 5.57 Å². The summed E-state index contributed by atoms with van der Waals surface area (Å²) in [5.41, 5.74) is 7.05. The average Bonchev–Trinajstić information content (AvgIpc) is 2.67. The molecule has 2 aromatic rings. The number of rotatable bonds is 6. The van der Waals surface area contributed by atoms with Gasteiger partial charge in [-0.25, -0.2) is 0 Å². The van der Waals surface area contributed by atoms with Gasteiger partial charge in [-0.1, -0.05) is 81.3 Å². The van der Waals surface area contributed by atoms with Crippen molar-refractivity contribution in [2.45, 2.75) is 58.8 Å². The van der Waals surface area contributed by atoms with E-state index < -0.39 is 0 Å². The first-order valence-corrected chi connectivity index (χ1v) is 9.69. The molecule has 0 amide bonds. The third-order valence-corrected chi connectivity index (χ3v) is 5.46. The maximum absolute atomic E-state index is 2.47. The van der Waals surface area contributed by atoms with Gasteiger partial charge in [0.15, 0.2) is 0 Å². The molecule has 126 valence electrons. The Hall–Kier alpha value is -1.82. The van der Waals surface area contributed by atoms with Crippen LogP contribution in [0.1, 0.15) is 63.5 Å². The van der Waals surface area contributed by atoms with E-state index in [-0.39, 0.29) is 0 Å². The quantitative estimate of drug-likeness (QED) is 0.524. The summed E-state index contributed by atoms with van der Waals surface area (Å²) in [6.45, 7) is 4.56. The van der Waals surface area contributed by atoms with E-state index in [4.69, 9.17) is 0 Å². The summed E-state index contributed by atoms with van der Waals surface area (Å²) < 4.78 is 0. The third kappa shape index (κ3) is 4.17. The van der Waals surface area contributed by atoms with Gasteiger partial charge < -0.3 is 0 Å². The molecule has 0 heteroatoms. The minimum absolute atomic E-state index is 0.902. The number of benzene rings is 2. The van der Waals surface area contributed by atoms with Gasteiger partial charge in [-0.3, -0.25) is 0 Å². The van der Waals surface area contributed by atoms with Gasteiger partial charge in [0.1, 0.15) is 0 Å². The highest BCUT2D eigenvalue weighted by Crippen LogP contribution is 2.32. The minimum atomic E-state index is 0.902. The summed E-state index contributed by atoms with van der Waals surface area (Å²) in [6, 6.07) is 18.3. The van der Waals surface area contributed by atoms with Crippen molar-refractivity contribution in [3.05, 3.63) is 65.7 Å². The Labute approximate surface area is 147 Å². The highest BCUT2D eigenvalue weighted by molar-refractivity contribution is 5.71. The SMILES string of the molecule is CCCCc1ccc(-c2ccc(C3=CCC(CC)CC3)cc2)cc1. The molecule has 0 saturated heterocycles. The van der Waals surface area contributed by atoms with Crippen molar-refractivity contribution >= 4 is 5.57 Å². The molecule has 2 aromatic carbocycles. The maximum atomic E-state index is 2.47. The molecule has 1 unspecified atom stereocenters. The fourth-order valence-corrected chi connectivity index (χ4v) is 3.64. The van der Waals surface area contributed by atoms with Gasteiger partial charge in [-0.05, 0) is 65.8 Å². The molecule has 0 N–H and O–H groups in total. The normalized spacial score (nSPS) is 17.6. The Kier molecular flexibility index (Phi) is 5.91. The van der Waals surface area contributed by atoms with E-state index in [2.05, 4.69) is 68.5 Å². The van der Waals surface area contributed by atoms with Crippen LogP contribution in [0.5, 0.6) is 0 Å². The van der Waals surface area contributed by atoms with E-state index in [9.17, 15) is 0 Å². The van der Waals surface area contributed by atoms with Crippen LogP contribution in [0.4, 0.5) is 0 Å². The molecule has 0 bridgehead atoms. The zero-order valence-electron chi connectivity index (χ0n) is 15.2. The first-order valence-electron chi connectivity index (χ1n) is 9.69. The number of allylic oxidation sites excluding steroid dienone is 2. The molecule has 0 aliphatic heterocycles. The molecule has 0 saturated carbocycles. The Morgan fingerprint density at radius 1 is 0.833 bits per heavy atom. The molecule has 1 aliphatic rings. The standard InChI is InChI=1S/C24H30/c1-3-5-6-20-9-13-22(14-10-20)24-17-15-23(16-18-24)21-11-7-19(4-2)8-12-21/h9-11,13-19H,3-8,12H2,1-2H3. The van der Waals surface area contributed by atoms with E-state index in [1.807, 2.05) is 0 Å². The van der Waals surface area contributed by atoms with Crippen LogP contribution in [-0.2, 0) is 6.42 Å². The predicted molar refractivity (Wildman–Crippen MR) is 106 cm³/mol. The number of unbranched alkanes of at least 4 members (excludes halogenated alkanes) is 1. The second-order valence-electron chi connectivity index (χ2n) is 7.16. The van der Waals surface area contributed by atoms with Crippen molar-refractivity contribution in [1.29, 1.82) is 0 Å². The second kappa shape index (κ2) is 8.33. The van der Waals surface area contributed by atoms with Crippen molar-refractivity contribution in [1.82, 2.24) is 0 Å². The van der Waals surface area contributed by atoms with Gasteiger partial charge >= 0.3 is 0 Å². The van der Waals surface area contributed by atoms with Crippen molar-refractivity contribution in [2.24, 2.45) is 5.92 Å². The topological polar surface area (TPSA) is 0 Å². The van der Waals surface area contributed by atoms with Gasteiger partial charge in [-0.15, -0.1) is 0 Å². The Balaban J connectivity index is 1.69. The average molecular weight is 319 g/mol. The summed E-state index contributed by atoms with van der Waals surface area (Å²) in [5.74, 6) is 0.902. The van der Waals surface area contributed by atoms with Crippen LogP contribution in [0.2, 0.25) is 0 Å². The Bertz CT molecular complexity index is 658. The lowest BCUT2D eigenvalue weighted by Gasteiger charge is -2.20. The number of hydrogen-bond acceptors (Lipinski definition) is 0. The zero-order chi connectivity index (χ0) is 16.8. The highest BCUT2D eigenvalue weighted by Gasteiger charge is 2.13.